The number of amides is 3. The number of alkyl halides is 2. The lowest BCUT2D eigenvalue weighted by Gasteiger charge is -2.27. The summed E-state index contributed by atoms with van der Waals surface area (Å²) in [6.45, 7) is 1.07. The van der Waals surface area contributed by atoms with Gasteiger partial charge < -0.3 is 9.47 Å². The van der Waals surface area contributed by atoms with Gasteiger partial charge in [0, 0.05) is 29.7 Å². The molecule has 3 amide bonds. The third-order valence-electron chi connectivity index (χ3n) is 4.78. The number of benzene rings is 2. The third-order valence-corrected chi connectivity index (χ3v) is 5.35. The normalized spacial score (nSPS) is 13.1. The number of hydrogen-bond acceptors (Lipinski definition) is 5. The van der Waals surface area contributed by atoms with Crippen molar-refractivity contribution in [1.82, 2.24) is 9.80 Å². The van der Waals surface area contributed by atoms with Crippen LogP contribution < -0.4 is 0 Å². The Morgan fingerprint density at radius 2 is 1.53 bits per heavy atom. The van der Waals surface area contributed by atoms with Crippen molar-refractivity contribution in [2.75, 3.05) is 38.4 Å². The zero-order chi connectivity index (χ0) is 21.5. The number of halogens is 2. The van der Waals surface area contributed by atoms with E-state index in [-0.39, 0.29) is 37.0 Å². The highest BCUT2D eigenvalue weighted by Crippen LogP contribution is 2.29. The molecule has 0 spiro atoms. The lowest BCUT2D eigenvalue weighted by Crippen LogP contribution is -2.40. The molecule has 9 heteroatoms. The smallest absolute Gasteiger partial charge is 0.411 e. The van der Waals surface area contributed by atoms with E-state index < -0.39 is 6.09 Å². The molecule has 0 unspecified atom stereocenters. The summed E-state index contributed by atoms with van der Waals surface area (Å²) in [6.07, 6.45) is 0.676. The highest BCUT2D eigenvalue weighted by molar-refractivity contribution is 6.25. The molecule has 0 N–H and O–H groups in total. The van der Waals surface area contributed by atoms with Gasteiger partial charge in [-0.3, -0.25) is 19.4 Å². The average Bonchev–Trinajstić information content (AvgIpc) is 2.76. The van der Waals surface area contributed by atoms with Crippen molar-refractivity contribution < 1.29 is 23.9 Å². The number of carbonyl (C=O) groups excluding carboxylic acids is 3. The second-order valence-electron chi connectivity index (χ2n) is 6.68. The van der Waals surface area contributed by atoms with Crippen LogP contribution in [0.5, 0.6) is 0 Å². The fourth-order valence-corrected chi connectivity index (χ4v) is 3.72. The zero-order valence-corrected chi connectivity index (χ0v) is 17.8. The van der Waals surface area contributed by atoms with Gasteiger partial charge in [-0.1, -0.05) is 24.3 Å². The fraction of sp³-hybridized carbons (Fsp3) is 0.381. The van der Waals surface area contributed by atoms with Crippen LogP contribution in [-0.2, 0) is 9.47 Å². The minimum atomic E-state index is -0.596. The van der Waals surface area contributed by atoms with Crippen molar-refractivity contribution in [3.63, 3.8) is 0 Å². The largest absolute Gasteiger partial charge is 0.447 e. The van der Waals surface area contributed by atoms with E-state index in [1.807, 2.05) is 24.3 Å². The highest BCUT2D eigenvalue weighted by atomic mass is 35.5. The summed E-state index contributed by atoms with van der Waals surface area (Å²) < 4.78 is 10.4. The maximum absolute atomic E-state index is 12.8. The molecular weight excluding hydrogens is 431 g/mol. The molecular formula is C21H22Cl2N2O5. The molecule has 0 aromatic heterocycles. The molecule has 1 aliphatic rings. The Morgan fingerprint density at radius 3 is 2.13 bits per heavy atom. The summed E-state index contributed by atoms with van der Waals surface area (Å²) in [5.74, 6) is -0.527. The molecule has 0 bridgehead atoms. The fourth-order valence-electron chi connectivity index (χ4n) is 3.27. The molecule has 2 aromatic carbocycles. The molecule has 7 nitrogen and oxygen atoms in total. The molecule has 0 fully saturated rings. The van der Waals surface area contributed by atoms with Crippen molar-refractivity contribution in [2.24, 2.45) is 0 Å². The molecule has 0 saturated carbocycles. The van der Waals surface area contributed by atoms with Crippen molar-refractivity contribution in [3.05, 3.63) is 47.5 Å². The Labute approximate surface area is 184 Å². The van der Waals surface area contributed by atoms with Gasteiger partial charge in [-0.15, -0.1) is 23.2 Å². The summed E-state index contributed by atoms with van der Waals surface area (Å²) in [5.41, 5.74) is 1.12. The predicted molar refractivity (Wildman–Crippen MR) is 114 cm³/mol. The molecule has 0 radical (unpaired) electrons. The quantitative estimate of drug-likeness (QED) is 0.235. The van der Waals surface area contributed by atoms with Crippen LogP contribution in [0.25, 0.3) is 10.8 Å². The van der Waals surface area contributed by atoms with E-state index in [4.69, 9.17) is 32.7 Å². The van der Waals surface area contributed by atoms with Gasteiger partial charge in [0.25, 0.3) is 11.8 Å². The SMILES string of the molecule is O=C(OCCOCCCCN1C(=O)c2cccc3cccc(c23)C1=O)N(CCl)CCl. The highest BCUT2D eigenvalue weighted by Gasteiger charge is 2.31. The summed E-state index contributed by atoms with van der Waals surface area (Å²) in [6, 6.07) is 10.9. The number of unbranched alkanes of at least 4 members (excludes halogenated alkanes) is 1. The molecule has 0 aliphatic carbocycles. The Balaban J connectivity index is 1.41. The topological polar surface area (TPSA) is 76.1 Å². The van der Waals surface area contributed by atoms with E-state index in [9.17, 15) is 14.4 Å². The van der Waals surface area contributed by atoms with Gasteiger partial charge in [0.2, 0.25) is 0 Å². The summed E-state index contributed by atoms with van der Waals surface area (Å²) in [7, 11) is 0. The standard InChI is InChI=1S/C21H22Cl2N2O5/c22-13-24(14-23)21(28)30-12-11-29-10-2-1-9-25-19(26)16-7-3-5-15-6-4-8-17(18(15)16)20(25)27/h3-8H,1-2,9-14H2. The maximum atomic E-state index is 12.8. The van der Waals surface area contributed by atoms with Crippen LogP contribution in [0, 0.1) is 0 Å². The third kappa shape index (κ3) is 4.86. The number of carbonyl (C=O) groups is 3. The van der Waals surface area contributed by atoms with Crippen LogP contribution in [0.4, 0.5) is 4.79 Å². The van der Waals surface area contributed by atoms with E-state index >= 15 is 0 Å². The first-order valence-corrected chi connectivity index (χ1v) is 10.6. The van der Waals surface area contributed by atoms with Crippen molar-refractivity contribution in [2.45, 2.75) is 12.8 Å². The number of imide groups is 1. The molecule has 0 atom stereocenters. The molecule has 1 heterocycles. The molecule has 1 aliphatic heterocycles. The van der Waals surface area contributed by atoms with E-state index in [2.05, 4.69) is 0 Å². The van der Waals surface area contributed by atoms with Crippen molar-refractivity contribution >= 4 is 51.9 Å². The van der Waals surface area contributed by atoms with Crippen LogP contribution in [0.3, 0.4) is 0 Å². The number of ether oxygens (including phenoxy) is 2. The zero-order valence-electron chi connectivity index (χ0n) is 16.3. The number of hydrogen-bond donors (Lipinski definition) is 0. The first kappa shape index (κ1) is 22.3. The minimum absolute atomic E-state index is 0.0455. The molecule has 2 aromatic rings. The second-order valence-corrected chi connectivity index (χ2v) is 7.16. The van der Waals surface area contributed by atoms with Gasteiger partial charge in [0.1, 0.15) is 18.6 Å². The maximum Gasteiger partial charge on any atom is 0.411 e. The Hall–Kier alpha value is -2.35. The molecule has 30 heavy (non-hydrogen) atoms. The van der Waals surface area contributed by atoms with E-state index in [1.165, 1.54) is 4.90 Å². The van der Waals surface area contributed by atoms with Crippen LogP contribution in [-0.4, -0.2) is 66.1 Å². The minimum Gasteiger partial charge on any atom is -0.447 e. The Morgan fingerprint density at radius 1 is 0.900 bits per heavy atom. The van der Waals surface area contributed by atoms with E-state index in [1.54, 1.807) is 12.1 Å². The second kappa shape index (κ2) is 10.6. The summed E-state index contributed by atoms with van der Waals surface area (Å²) in [4.78, 5) is 39.6. The van der Waals surface area contributed by atoms with E-state index in [0.29, 0.717) is 37.1 Å². The lowest BCUT2D eigenvalue weighted by atomic mass is 9.94. The van der Waals surface area contributed by atoms with Crippen molar-refractivity contribution in [3.8, 4) is 0 Å². The van der Waals surface area contributed by atoms with Crippen LogP contribution >= 0.6 is 23.2 Å². The molecule has 3 rings (SSSR count). The lowest BCUT2D eigenvalue weighted by molar-refractivity contribution is 0.0549. The first-order valence-electron chi connectivity index (χ1n) is 9.57. The molecule has 160 valence electrons. The van der Waals surface area contributed by atoms with Gasteiger partial charge >= 0.3 is 6.09 Å². The monoisotopic (exact) mass is 452 g/mol. The van der Waals surface area contributed by atoms with Crippen LogP contribution in [0.15, 0.2) is 36.4 Å². The first-order chi connectivity index (χ1) is 14.6. The number of rotatable bonds is 10. The number of nitrogens with zero attached hydrogens (tertiary/aromatic N) is 2. The van der Waals surface area contributed by atoms with Gasteiger partial charge in [0.05, 0.1) is 6.61 Å². The van der Waals surface area contributed by atoms with Crippen LogP contribution in [0.1, 0.15) is 33.6 Å². The predicted octanol–water partition coefficient (Wildman–Crippen LogP) is 4.06. The summed E-state index contributed by atoms with van der Waals surface area (Å²) >= 11 is 11.1. The van der Waals surface area contributed by atoms with E-state index in [0.717, 1.165) is 15.7 Å². The Bertz CT molecular complexity index is 882. The van der Waals surface area contributed by atoms with Crippen LogP contribution in [0.2, 0.25) is 0 Å². The van der Waals surface area contributed by atoms with Gasteiger partial charge in [0.15, 0.2) is 0 Å². The Kier molecular flexibility index (Phi) is 7.90. The van der Waals surface area contributed by atoms with Crippen molar-refractivity contribution in [1.29, 1.82) is 0 Å². The summed E-state index contributed by atoms with van der Waals surface area (Å²) in [5, 5.41) is 1.62. The molecule has 0 saturated heterocycles. The average molecular weight is 453 g/mol. The van der Waals surface area contributed by atoms with Gasteiger partial charge in [-0.2, -0.15) is 0 Å². The van der Waals surface area contributed by atoms with Gasteiger partial charge in [-0.25, -0.2) is 4.79 Å². The van der Waals surface area contributed by atoms with Gasteiger partial charge in [-0.05, 0) is 30.4 Å².